The standard InChI is InChI=1S/C19H18N6/c1-12-5-3-7-14(9-12)22-18-19(23-15-8-4-6-13(2)10-15)25-17-16(24-18)20-11-21-17/h3-10H,11H2,1-2H3,(H,20,22,24)(H,21,23,25). The second kappa shape index (κ2) is 6.32. The predicted octanol–water partition coefficient (Wildman–Crippen LogP) is 2.79. The molecule has 0 atom stereocenters. The van der Waals surface area contributed by atoms with Crippen LogP contribution in [0.3, 0.4) is 0 Å². The summed E-state index contributed by atoms with van der Waals surface area (Å²) in [4.78, 5) is 17.7. The first-order valence-electron chi connectivity index (χ1n) is 8.12. The maximum atomic E-state index is 4.60. The zero-order valence-electron chi connectivity index (χ0n) is 14.1. The molecule has 0 saturated carbocycles. The summed E-state index contributed by atoms with van der Waals surface area (Å²) in [6, 6.07) is 16.2. The molecular formula is C19H18N6. The number of aromatic nitrogens is 2. The highest BCUT2D eigenvalue weighted by molar-refractivity contribution is 5.72. The van der Waals surface area contributed by atoms with Crippen LogP contribution in [0.5, 0.6) is 0 Å². The molecular weight excluding hydrogens is 312 g/mol. The van der Waals surface area contributed by atoms with Crippen LogP contribution in [-0.2, 0) is 0 Å². The average molecular weight is 330 g/mol. The van der Waals surface area contributed by atoms with Crippen molar-refractivity contribution in [1.82, 2.24) is 9.97 Å². The minimum absolute atomic E-state index is 0.382. The molecule has 1 aromatic heterocycles. The molecule has 0 unspecified atom stereocenters. The van der Waals surface area contributed by atoms with Crippen LogP contribution >= 0.6 is 0 Å². The third-order valence-electron chi connectivity index (χ3n) is 3.86. The van der Waals surface area contributed by atoms with Gasteiger partial charge in [0.1, 0.15) is 6.67 Å². The number of nitrogens with zero attached hydrogens (tertiary/aromatic N) is 4. The third kappa shape index (κ3) is 3.33. The van der Waals surface area contributed by atoms with Gasteiger partial charge in [-0.1, -0.05) is 24.3 Å². The van der Waals surface area contributed by atoms with Crippen LogP contribution in [0.4, 0.5) is 23.0 Å². The SMILES string of the molecule is Cc1cccc(Nc2nc3c(nc2Nc2cccc(C)c2)=NCN=3)c1. The van der Waals surface area contributed by atoms with Gasteiger partial charge in [0.15, 0.2) is 22.6 Å². The van der Waals surface area contributed by atoms with Gasteiger partial charge in [0.2, 0.25) is 0 Å². The molecule has 0 radical (unpaired) electrons. The molecule has 0 fully saturated rings. The highest BCUT2D eigenvalue weighted by Crippen LogP contribution is 2.23. The molecule has 6 heteroatoms. The molecule has 2 N–H and O–H groups in total. The van der Waals surface area contributed by atoms with Gasteiger partial charge >= 0.3 is 0 Å². The predicted molar refractivity (Wildman–Crippen MR) is 98.1 cm³/mol. The van der Waals surface area contributed by atoms with E-state index in [1.807, 2.05) is 24.3 Å². The van der Waals surface area contributed by atoms with E-state index in [1.165, 1.54) is 11.1 Å². The smallest absolute Gasteiger partial charge is 0.196 e. The number of aryl methyl sites for hydroxylation is 2. The molecule has 3 aromatic rings. The van der Waals surface area contributed by atoms with Crippen molar-refractivity contribution in [2.45, 2.75) is 13.8 Å². The third-order valence-corrected chi connectivity index (χ3v) is 3.86. The average Bonchev–Trinajstić information content (AvgIpc) is 3.02. The molecule has 6 nitrogen and oxygen atoms in total. The largest absolute Gasteiger partial charge is 0.337 e. The van der Waals surface area contributed by atoms with Gasteiger partial charge in [0.25, 0.3) is 0 Å². The van der Waals surface area contributed by atoms with Crippen molar-refractivity contribution in [2.24, 2.45) is 9.98 Å². The Morgan fingerprint density at radius 2 is 1.20 bits per heavy atom. The summed E-state index contributed by atoms with van der Waals surface area (Å²) in [7, 11) is 0. The first kappa shape index (κ1) is 15.3. The molecule has 2 aromatic carbocycles. The number of rotatable bonds is 4. The lowest BCUT2D eigenvalue weighted by Crippen LogP contribution is -2.30. The van der Waals surface area contributed by atoms with Gasteiger partial charge in [-0.2, -0.15) is 0 Å². The van der Waals surface area contributed by atoms with Crippen LogP contribution in [0.25, 0.3) is 0 Å². The van der Waals surface area contributed by atoms with Gasteiger partial charge in [-0.05, 0) is 49.2 Å². The molecule has 25 heavy (non-hydrogen) atoms. The Morgan fingerprint density at radius 3 is 1.64 bits per heavy atom. The Morgan fingerprint density at radius 1 is 0.720 bits per heavy atom. The molecule has 0 bridgehead atoms. The summed E-state index contributed by atoms with van der Waals surface area (Å²) >= 11 is 0. The zero-order chi connectivity index (χ0) is 17.2. The highest BCUT2D eigenvalue weighted by Gasteiger charge is 2.11. The summed E-state index contributed by atoms with van der Waals surface area (Å²) in [5, 5.41) is 6.68. The van der Waals surface area contributed by atoms with Gasteiger partial charge in [0, 0.05) is 11.4 Å². The van der Waals surface area contributed by atoms with E-state index in [9.17, 15) is 0 Å². The fraction of sp³-hybridized carbons (Fsp3) is 0.158. The number of hydrogen-bond donors (Lipinski definition) is 2. The lowest BCUT2D eigenvalue weighted by molar-refractivity contribution is 1.04. The number of benzene rings is 2. The lowest BCUT2D eigenvalue weighted by Gasteiger charge is -2.12. The number of fused-ring (bicyclic) bond motifs is 1. The second-order valence-electron chi connectivity index (χ2n) is 6.01. The summed E-state index contributed by atoms with van der Waals surface area (Å²) in [6.45, 7) is 4.49. The molecule has 2 heterocycles. The van der Waals surface area contributed by atoms with Gasteiger partial charge < -0.3 is 10.6 Å². The van der Waals surface area contributed by atoms with Crippen molar-refractivity contribution in [3.63, 3.8) is 0 Å². The van der Waals surface area contributed by atoms with E-state index >= 15 is 0 Å². The van der Waals surface area contributed by atoms with Crippen molar-refractivity contribution in [3.8, 4) is 0 Å². The second-order valence-corrected chi connectivity index (χ2v) is 6.01. The zero-order valence-corrected chi connectivity index (χ0v) is 14.1. The molecule has 4 rings (SSSR count). The first-order chi connectivity index (χ1) is 12.2. The van der Waals surface area contributed by atoms with Crippen molar-refractivity contribution < 1.29 is 0 Å². The number of anilines is 4. The van der Waals surface area contributed by atoms with Crippen LogP contribution in [-0.4, -0.2) is 16.6 Å². The van der Waals surface area contributed by atoms with Crippen LogP contribution in [0.2, 0.25) is 0 Å². The topological polar surface area (TPSA) is 74.6 Å². The van der Waals surface area contributed by atoms with E-state index in [2.05, 4.69) is 68.7 Å². The Bertz CT molecular complexity index is 973. The first-order valence-corrected chi connectivity index (χ1v) is 8.12. The quantitative estimate of drug-likeness (QED) is 0.771. The van der Waals surface area contributed by atoms with Gasteiger partial charge in [-0.15, -0.1) is 0 Å². The van der Waals surface area contributed by atoms with Crippen LogP contribution in [0.1, 0.15) is 11.1 Å². The van der Waals surface area contributed by atoms with Gasteiger partial charge in [0.05, 0.1) is 0 Å². The number of nitrogens with one attached hydrogen (secondary N) is 2. The van der Waals surface area contributed by atoms with Gasteiger partial charge in [-0.3, -0.25) is 0 Å². The van der Waals surface area contributed by atoms with Gasteiger partial charge in [-0.25, -0.2) is 20.0 Å². The maximum Gasteiger partial charge on any atom is 0.196 e. The van der Waals surface area contributed by atoms with E-state index in [0.29, 0.717) is 29.3 Å². The molecule has 1 aliphatic heterocycles. The minimum Gasteiger partial charge on any atom is -0.337 e. The summed E-state index contributed by atoms with van der Waals surface area (Å²) in [6.07, 6.45) is 0. The highest BCUT2D eigenvalue weighted by atomic mass is 15.2. The summed E-state index contributed by atoms with van der Waals surface area (Å²) < 4.78 is 0. The molecule has 1 aliphatic rings. The molecule has 0 amide bonds. The fourth-order valence-electron chi connectivity index (χ4n) is 2.69. The maximum absolute atomic E-state index is 4.60. The monoisotopic (exact) mass is 330 g/mol. The summed E-state index contributed by atoms with van der Waals surface area (Å²) in [5.74, 6) is 1.26. The Balaban J connectivity index is 1.76. The van der Waals surface area contributed by atoms with Crippen LogP contribution < -0.4 is 21.6 Å². The van der Waals surface area contributed by atoms with Crippen molar-refractivity contribution in [2.75, 3.05) is 17.3 Å². The van der Waals surface area contributed by atoms with E-state index in [-0.39, 0.29) is 0 Å². The van der Waals surface area contributed by atoms with Crippen molar-refractivity contribution in [3.05, 3.63) is 70.6 Å². The van der Waals surface area contributed by atoms with E-state index in [1.54, 1.807) is 0 Å². The van der Waals surface area contributed by atoms with Crippen LogP contribution in [0.15, 0.2) is 58.5 Å². The molecule has 0 spiro atoms. The molecule has 0 aliphatic carbocycles. The normalized spacial score (nSPS) is 12.1. The fourth-order valence-corrected chi connectivity index (χ4v) is 2.69. The molecule has 0 saturated heterocycles. The Kier molecular flexibility index (Phi) is 3.85. The number of hydrogen-bond acceptors (Lipinski definition) is 6. The van der Waals surface area contributed by atoms with E-state index in [4.69, 9.17) is 0 Å². The summed E-state index contributed by atoms with van der Waals surface area (Å²) in [5.41, 5.74) is 5.40. The Hall–Kier alpha value is -3.28. The van der Waals surface area contributed by atoms with Crippen molar-refractivity contribution in [1.29, 1.82) is 0 Å². The Labute approximate surface area is 145 Å². The minimum atomic E-state index is 0.382. The molecule has 124 valence electrons. The lowest BCUT2D eigenvalue weighted by atomic mass is 10.2. The van der Waals surface area contributed by atoms with Crippen molar-refractivity contribution >= 4 is 23.0 Å². The van der Waals surface area contributed by atoms with E-state index < -0.39 is 0 Å². The van der Waals surface area contributed by atoms with E-state index in [0.717, 1.165) is 11.4 Å². The van der Waals surface area contributed by atoms with Crippen LogP contribution in [0, 0.1) is 13.8 Å².